The topological polar surface area (TPSA) is 137 Å². The van der Waals surface area contributed by atoms with Crippen molar-refractivity contribution < 1.29 is 14.9 Å². The molecule has 0 bridgehead atoms. The van der Waals surface area contributed by atoms with Gasteiger partial charge in [-0.2, -0.15) is 0 Å². The van der Waals surface area contributed by atoms with Gasteiger partial charge in [-0.05, 0) is 0 Å². The van der Waals surface area contributed by atoms with E-state index in [0.29, 0.717) is 21.5 Å². The summed E-state index contributed by atoms with van der Waals surface area (Å²) in [5.41, 5.74) is 11.5. The monoisotopic (exact) mass is 364 g/mol. The van der Waals surface area contributed by atoms with Gasteiger partial charge in [-0.3, -0.25) is 0 Å². The molecule has 3 atom stereocenters. The Bertz CT molecular complexity index is 538. The average molecular weight is 363 g/mol. The number of nitrogens with zero attached hydrogens (tertiary/aromatic N) is 2. The van der Waals surface area contributed by atoms with Crippen LogP contribution in [0.25, 0.3) is 0 Å². The van der Waals surface area contributed by atoms with Gasteiger partial charge in [-0.25, -0.2) is 0 Å². The van der Waals surface area contributed by atoms with Gasteiger partial charge < -0.3 is 0 Å². The summed E-state index contributed by atoms with van der Waals surface area (Å²) in [5.74, 6) is 0.229. The van der Waals surface area contributed by atoms with Gasteiger partial charge in [-0.15, -0.1) is 0 Å². The Morgan fingerprint density at radius 2 is 2.33 bits per heavy atom. The van der Waals surface area contributed by atoms with Crippen LogP contribution in [0.5, 0.6) is 0 Å². The summed E-state index contributed by atoms with van der Waals surface area (Å²) in [5, 5.41) is 20.5. The summed E-state index contributed by atoms with van der Waals surface area (Å²) in [6.45, 7) is 0.338. The molecule has 1 saturated heterocycles. The molecule has 1 aliphatic heterocycles. The number of rotatable bonds is 6. The van der Waals surface area contributed by atoms with E-state index in [1.54, 1.807) is 6.20 Å². The van der Waals surface area contributed by atoms with Crippen LogP contribution in [-0.2, 0) is 10.1 Å². The molecule has 0 aliphatic carbocycles. The molecule has 6 N–H and O–H groups in total. The Labute approximate surface area is 128 Å². The molecule has 2 heterocycles. The molecule has 1 fully saturated rings. The van der Waals surface area contributed by atoms with Crippen LogP contribution < -0.4 is 17.2 Å². The first-order valence-corrected chi connectivity index (χ1v) is 9.08. The molecule has 1 unspecified atom stereocenters. The second-order valence-electron chi connectivity index (χ2n) is 4.80. The van der Waals surface area contributed by atoms with Gasteiger partial charge >= 0.3 is 128 Å². The maximum absolute atomic E-state index is 11.9. The molecule has 9 heteroatoms. The molecule has 0 radical (unpaired) electrons. The van der Waals surface area contributed by atoms with Gasteiger partial charge in [0.15, 0.2) is 0 Å². The normalized spacial score (nSPS) is 25.4. The predicted molar refractivity (Wildman–Crippen MR) is 77.8 cm³/mol. The third-order valence-electron chi connectivity index (χ3n) is 3.28. The van der Waals surface area contributed by atoms with Crippen molar-refractivity contribution in [2.45, 2.75) is 35.5 Å². The van der Waals surface area contributed by atoms with Crippen LogP contribution >= 0.6 is 0 Å². The molecule has 2 rings (SSSR count). The van der Waals surface area contributed by atoms with E-state index in [2.05, 4.69) is 4.98 Å². The molecule has 118 valence electrons. The standard InChI is InChI=1S/C12H20N4O4Se/c13-1-2-21-6-7-4-16(12(19)15-11(7)14)10-3-8(18)9(5-17)20-10/h4,8-10,17-18H,1-3,5-6,13H2,(H2,14,15,19)/t8?,9-,10-/m1/s1. The molecule has 1 aromatic rings. The van der Waals surface area contributed by atoms with E-state index in [1.807, 2.05) is 0 Å². The minimum atomic E-state index is -0.797. The van der Waals surface area contributed by atoms with E-state index < -0.39 is 24.1 Å². The molecule has 0 aromatic carbocycles. The van der Waals surface area contributed by atoms with Crippen molar-refractivity contribution in [1.29, 1.82) is 0 Å². The fraction of sp³-hybridized carbons (Fsp3) is 0.667. The summed E-state index contributed by atoms with van der Waals surface area (Å²) in [6.07, 6.45) is -0.221. The van der Waals surface area contributed by atoms with Crippen molar-refractivity contribution in [3.63, 3.8) is 0 Å². The zero-order valence-electron chi connectivity index (χ0n) is 11.5. The van der Waals surface area contributed by atoms with Gasteiger partial charge in [0.2, 0.25) is 0 Å². The zero-order valence-corrected chi connectivity index (χ0v) is 13.2. The zero-order chi connectivity index (χ0) is 15.4. The first kappa shape index (κ1) is 16.4. The number of aliphatic hydroxyl groups is 2. The number of nitrogen functional groups attached to an aromatic ring is 1. The second kappa shape index (κ2) is 7.35. The Kier molecular flexibility index (Phi) is 5.74. The molecule has 0 spiro atoms. The maximum atomic E-state index is 11.9. The SMILES string of the molecule is NCC[Se]Cc1cn([C@H]2CC(O)[C@@H](CO)O2)c(=O)nc1N. The summed E-state index contributed by atoms with van der Waals surface area (Å²) in [6, 6.07) is 0. The fourth-order valence-corrected chi connectivity index (χ4v) is 3.74. The Hall–Kier alpha value is -0.961. The predicted octanol–water partition coefficient (Wildman–Crippen LogP) is -1.95. The number of ether oxygens (including phenoxy) is 1. The second-order valence-corrected chi connectivity index (χ2v) is 7.12. The van der Waals surface area contributed by atoms with Crippen LogP contribution in [0, 0.1) is 0 Å². The van der Waals surface area contributed by atoms with Crippen LogP contribution in [-0.4, -0.2) is 60.1 Å². The Morgan fingerprint density at radius 3 is 2.95 bits per heavy atom. The van der Waals surface area contributed by atoms with Crippen LogP contribution in [0.3, 0.4) is 0 Å². The number of aromatic nitrogens is 2. The molecule has 1 aliphatic rings. The van der Waals surface area contributed by atoms with Gasteiger partial charge in [0.25, 0.3) is 0 Å². The van der Waals surface area contributed by atoms with E-state index in [1.165, 1.54) is 4.57 Å². The van der Waals surface area contributed by atoms with Crippen molar-refractivity contribution in [2.75, 3.05) is 18.9 Å². The first-order chi connectivity index (χ1) is 10.1. The number of nitrogens with two attached hydrogens (primary N) is 2. The quantitative estimate of drug-likeness (QED) is 0.340. The third-order valence-corrected chi connectivity index (χ3v) is 5.46. The summed E-state index contributed by atoms with van der Waals surface area (Å²) < 4.78 is 6.81. The van der Waals surface area contributed by atoms with Crippen molar-refractivity contribution >= 4 is 20.8 Å². The average Bonchev–Trinajstić information content (AvgIpc) is 2.82. The van der Waals surface area contributed by atoms with Crippen molar-refractivity contribution in [2.24, 2.45) is 5.73 Å². The third kappa shape index (κ3) is 3.82. The van der Waals surface area contributed by atoms with Gasteiger partial charge in [-0.1, -0.05) is 0 Å². The van der Waals surface area contributed by atoms with Crippen molar-refractivity contribution in [3.05, 3.63) is 22.2 Å². The number of aliphatic hydroxyl groups excluding tert-OH is 2. The van der Waals surface area contributed by atoms with Gasteiger partial charge in [0, 0.05) is 0 Å². The molecule has 1 aromatic heterocycles. The van der Waals surface area contributed by atoms with Gasteiger partial charge in [0.1, 0.15) is 0 Å². The summed E-state index contributed by atoms with van der Waals surface area (Å²) >= 11 is 0.302. The summed E-state index contributed by atoms with van der Waals surface area (Å²) in [4.78, 5) is 15.8. The van der Waals surface area contributed by atoms with Gasteiger partial charge in [0.05, 0.1) is 0 Å². The molecule has 21 heavy (non-hydrogen) atoms. The molecular weight excluding hydrogens is 343 g/mol. The number of hydrogen-bond donors (Lipinski definition) is 4. The Morgan fingerprint density at radius 1 is 1.57 bits per heavy atom. The number of anilines is 1. The molecule has 8 nitrogen and oxygen atoms in total. The molecular formula is C12H20N4O4Se. The number of hydrogen-bond acceptors (Lipinski definition) is 7. The van der Waals surface area contributed by atoms with E-state index in [-0.39, 0.29) is 18.8 Å². The summed E-state index contributed by atoms with van der Waals surface area (Å²) in [7, 11) is 0. The van der Waals surface area contributed by atoms with E-state index in [0.717, 1.165) is 16.2 Å². The molecule has 0 saturated carbocycles. The van der Waals surface area contributed by atoms with E-state index in [9.17, 15) is 9.90 Å². The minimum absolute atomic E-state index is 0.229. The van der Waals surface area contributed by atoms with Crippen LogP contribution in [0.1, 0.15) is 18.2 Å². The fourth-order valence-electron chi connectivity index (χ4n) is 2.16. The molecule has 0 amide bonds. The van der Waals surface area contributed by atoms with Crippen molar-refractivity contribution in [3.8, 4) is 0 Å². The Balaban J connectivity index is 2.19. The van der Waals surface area contributed by atoms with E-state index in [4.69, 9.17) is 21.3 Å². The van der Waals surface area contributed by atoms with Crippen LogP contribution in [0.4, 0.5) is 5.82 Å². The first-order valence-electron chi connectivity index (χ1n) is 6.66. The van der Waals surface area contributed by atoms with Crippen molar-refractivity contribution in [1.82, 2.24) is 9.55 Å². The van der Waals surface area contributed by atoms with E-state index >= 15 is 0 Å². The van der Waals surface area contributed by atoms with Crippen LogP contribution in [0.2, 0.25) is 5.32 Å². The van der Waals surface area contributed by atoms with Crippen LogP contribution in [0.15, 0.2) is 11.0 Å².